The van der Waals surface area contributed by atoms with Crippen LogP contribution in [0.15, 0.2) is 24.3 Å². The smallest absolute Gasteiger partial charge is 0.265 e. The zero-order chi connectivity index (χ0) is 14.0. The van der Waals surface area contributed by atoms with E-state index in [1.807, 2.05) is 6.92 Å². The Morgan fingerprint density at radius 2 is 2.16 bits per heavy atom. The number of anilines is 2. The Kier molecular flexibility index (Phi) is 3.97. The van der Waals surface area contributed by atoms with Crippen molar-refractivity contribution < 1.29 is 9.53 Å². The minimum atomic E-state index is -0.200. The van der Waals surface area contributed by atoms with Crippen molar-refractivity contribution in [2.45, 2.75) is 6.92 Å². The first-order valence-corrected chi connectivity index (χ1v) is 6.71. The van der Waals surface area contributed by atoms with Gasteiger partial charge in [0.1, 0.15) is 5.75 Å². The third kappa shape index (κ3) is 3.00. The van der Waals surface area contributed by atoms with E-state index in [1.165, 1.54) is 18.4 Å². The van der Waals surface area contributed by atoms with Gasteiger partial charge in [0.15, 0.2) is 0 Å². The van der Waals surface area contributed by atoms with Crippen LogP contribution in [0.2, 0.25) is 5.02 Å². The molecule has 0 bridgehead atoms. The zero-order valence-electron chi connectivity index (χ0n) is 10.5. The highest BCUT2D eigenvalue weighted by atomic mass is 35.5. The van der Waals surface area contributed by atoms with Crippen molar-refractivity contribution in [3.8, 4) is 5.75 Å². The molecule has 3 N–H and O–H groups in total. The number of hydrogen-bond acceptors (Lipinski definition) is 4. The second-order valence-electron chi connectivity index (χ2n) is 3.93. The van der Waals surface area contributed by atoms with E-state index in [1.54, 1.807) is 24.3 Å². The first-order chi connectivity index (χ1) is 9.01. The van der Waals surface area contributed by atoms with E-state index in [0.29, 0.717) is 27.0 Å². The molecule has 0 aliphatic carbocycles. The standard InChI is InChI=1S/C13H13ClN2O2S/c1-7-10(15)6-12(19-7)13(17)16-8-3-4-9(14)11(5-8)18-2/h3-6H,15H2,1-2H3,(H,16,17). The Labute approximate surface area is 120 Å². The van der Waals surface area contributed by atoms with E-state index < -0.39 is 0 Å². The molecule has 100 valence electrons. The molecule has 0 spiro atoms. The third-order valence-corrected chi connectivity index (χ3v) is 3.97. The highest BCUT2D eigenvalue weighted by Crippen LogP contribution is 2.28. The topological polar surface area (TPSA) is 64.3 Å². The number of rotatable bonds is 3. The quantitative estimate of drug-likeness (QED) is 0.910. The Morgan fingerprint density at radius 1 is 1.42 bits per heavy atom. The minimum absolute atomic E-state index is 0.200. The van der Waals surface area contributed by atoms with Crippen molar-refractivity contribution in [1.29, 1.82) is 0 Å². The van der Waals surface area contributed by atoms with Gasteiger partial charge in [-0.2, -0.15) is 0 Å². The van der Waals surface area contributed by atoms with Crippen LogP contribution in [0.25, 0.3) is 0 Å². The van der Waals surface area contributed by atoms with E-state index >= 15 is 0 Å². The summed E-state index contributed by atoms with van der Waals surface area (Å²) in [7, 11) is 1.52. The second-order valence-corrected chi connectivity index (χ2v) is 5.59. The van der Waals surface area contributed by atoms with Gasteiger partial charge < -0.3 is 15.8 Å². The summed E-state index contributed by atoms with van der Waals surface area (Å²) in [5, 5.41) is 3.27. The van der Waals surface area contributed by atoms with Crippen LogP contribution >= 0.6 is 22.9 Å². The van der Waals surface area contributed by atoms with Crippen LogP contribution in [0.3, 0.4) is 0 Å². The number of nitrogens with two attached hydrogens (primary N) is 1. The highest BCUT2D eigenvalue weighted by Gasteiger charge is 2.12. The van der Waals surface area contributed by atoms with E-state index in [0.717, 1.165) is 4.88 Å². The van der Waals surface area contributed by atoms with Crippen LogP contribution < -0.4 is 15.8 Å². The number of benzene rings is 1. The largest absolute Gasteiger partial charge is 0.495 e. The van der Waals surface area contributed by atoms with Crippen molar-refractivity contribution in [3.05, 3.63) is 39.0 Å². The number of thiophene rings is 1. The van der Waals surface area contributed by atoms with Gasteiger partial charge in [-0.3, -0.25) is 4.79 Å². The number of hydrogen-bond donors (Lipinski definition) is 2. The van der Waals surface area contributed by atoms with Gasteiger partial charge in [-0.1, -0.05) is 11.6 Å². The molecule has 0 unspecified atom stereocenters. The number of amides is 1. The maximum Gasteiger partial charge on any atom is 0.265 e. The summed E-state index contributed by atoms with van der Waals surface area (Å²) in [6.45, 7) is 1.88. The maximum atomic E-state index is 12.0. The van der Waals surface area contributed by atoms with Crippen LogP contribution in [0.1, 0.15) is 14.5 Å². The molecular formula is C13H13ClN2O2S. The molecule has 4 nitrogen and oxygen atoms in total. The Morgan fingerprint density at radius 3 is 2.74 bits per heavy atom. The molecule has 0 aliphatic heterocycles. The van der Waals surface area contributed by atoms with Gasteiger partial charge in [0.2, 0.25) is 0 Å². The van der Waals surface area contributed by atoms with Crippen molar-refractivity contribution in [1.82, 2.24) is 0 Å². The Hall–Kier alpha value is -1.72. The third-order valence-electron chi connectivity index (χ3n) is 2.59. The molecule has 0 aliphatic rings. The maximum absolute atomic E-state index is 12.0. The summed E-state index contributed by atoms with van der Waals surface area (Å²) in [6, 6.07) is 6.73. The lowest BCUT2D eigenvalue weighted by Gasteiger charge is -2.07. The van der Waals surface area contributed by atoms with Crippen LogP contribution in [0.4, 0.5) is 11.4 Å². The van der Waals surface area contributed by atoms with Crippen molar-refractivity contribution >= 4 is 40.2 Å². The number of carbonyl (C=O) groups is 1. The summed E-state index contributed by atoms with van der Waals surface area (Å²) in [6.07, 6.45) is 0. The fraction of sp³-hybridized carbons (Fsp3) is 0.154. The molecule has 0 radical (unpaired) electrons. The number of ether oxygens (including phenoxy) is 1. The molecule has 6 heteroatoms. The van der Waals surface area contributed by atoms with E-state index in [-0.39, 0.29) is 5.91 Å². The minimum Gasteiger partial charge on any atom is -0.495 e. The SMILES string of the molecule is COc1cc(NC(=O)c2cc(N)c(C)s2)ccc1Cl. The van der Waals surface area contributed by atoms with Gasteiger partial charge in [-0.05, 0) is 25.1 Å². The van der Waals surface area contributed by atoms with E-state index in [4.69, 9.17) is 22.1 Å². The zero-order valence-corrected chi connectivity index (χ0v) is 12.1. The van der Waals surface area contributed by atoms with Crippen molar-refractivity contribution in [2.75, 3.05) is 18.2 Å². The normalized spacial score (nSPS) is 10.3. The number of methoxy groups -OCH3 is 1. The van der Waals surface area contributed by atoms with Crippen molar-refractivity contribution in [2.24, 2.45) is 0 Å². The first kappa shape index (κ1) is 13.7. The second kappa shape index (κ2) is 5.50. The predicted molar refractivity (Wildman–Crippen MR) is 79.4 cm³/mol. The first-order valence-electron chi connectivity index (χ1n) is 5.52. The van der Waals surface area contributed by atoms with Gasteiger partial charge in [0.25, 0.3) is 5.91 Å². The summed E-state index contributed by atoms with van der Waals surface area (Å²) >= 11 is 7.28. The Balaban J connectivity index is 2.19. The molecule has 2 aromatic rings. The fourth-order valence-electron chi connectivity index (χ4n) is 1.54. The van der Waals surface area contributed by atoms with E-state index in [2.05, 4.69) is 5.32 Å². The van der Waals surface area contributed by atoms with Gasteiger partial charge in [0.05, 0.1) is 17.0 Å². The van der Waals surface area contributed by atoms with Gasteiger partial charge in [-0.25, -0.2) is 0 Å². The average molecular weight is 297 g/mol. The Bertz CT molecular complexity index is 606. The molecule has 19 heavy (non-hydrogen) atoms. The molecule has 0 saturated carbocycles. The summed E-state index contributed by atoms with van der Waals surface area (Å²) in [4.78, 5) is 13.5. The van der Waals surface area contributed by atoms with Crippen LogP contribution in [0.5, 0.6) is 5.75 Å². The summed E-state index contributed by atoms with van der Waals surface area (Å²) < 4.78 is 5.10. The van der Waals surface area contributed by atoms with Gasteiger partial charge >= 0.3 is 0 Å². The number of nitrogens with one attached hydrogen (secondary N) is 1. The molecule has 1 aromatic heterocycles. The molecule has 1 heterocycles. The monoisotopic (exact) mass is 296 g/mol. The molecule has 1 aromatic carbocycles. The fourth-order valence-corrected chi connectivity index (χ4v) is 2.57. The lowest BCUT2D eigenvalue weighted by Crippen LogP contribution is -2.10. The highest BCUT2D eigenvalue weighted by molar-refractivity contribution is 7.14. The number of carbonyl (C=O) groups excluding carboxylic acids is 1. The number of halogens is 1. The molecule has 0 fully saturated rings. The van der Waals surface area contributed by atoms with Crippen molar-refractivity contribution in [3.63, 3.8) is 0 Å². The molecule has 0 saturated heterocycles. The van der Waals surface area contributed by atoms with Crippen LogP contribution in [-0.2, 0) is 0 Å². The van der Waals surface area contributed by atoms with E-state index in [9.17, 15) is 4.79 Å². The number of aryl methyl sites for hydroxylation is 1. The number of nitrogen functional groups attached to an aromatic ring is 1. The molecule has 1 amide bonds. The average Bonchev–Trinajstić information content (AvgIpc) is 2.72. The molecule has 0 atom stereocenters. The predicted octanol–water partition coefficient (Wildman–Crippen LogP) is 3.55. The summed E-state index contributed by atoms with van der Waals surface area (Å²) in [5.74, 6) is 0.315. The molecule has 2 rings (SSSR count). The lowest BCUT2D eigenvalue weighted by molar-refractivity contribution is 0.103. The van der Waals surface area contributed by atoms with Crippen LogP contribution in [-0.4, -0.2) is 13.0 Å². The van der Waals surface area contributed by atoms with Crippen LogP contribution in [0, 0.1) is 6.92 Å². The van der Waals surface area contributed by atoms with Gasteiger partial charge in [0, 0.05) is 22.3 Å². The van der Waals surface area contributed by atoms with Gasteiger partial charge in [-0.15, -0.1) is 11.3 Å². The summed E-state index contributed by atoms with van der Waals surface area (Å²) in [5.41, 5.74) is 6.98. The molecular weight excluding hydrogens is 284 g/mol. The lowest BCUT2D eigenvalue weighted by atomic mass is 10.3.